The van der Waals surface area contributed by atoms with Crippen molar-refractivity contribution >= 4 is 33.2 Å². The molecule has 0 spiro atoms. The standard InChI is InChI=1S/C20H23ClN2O4S/c1-15-4-10-19(11-5-15)28(25,26)23(17-8-6-16(21)7-9-17)14-20(24)22-13-18-3-2-12-27-18/h4-11,18H,2-3,12-14H2,1H3,(H,22,24). The summed E-state index contributed by atoms with van der Waals surface area (Å²) in [7, 11) is -3.92. The fourth-order valence-corrected chi connectivity index (χ4v) is 4.53. The number of halogens is 1. The summed E-state index contributed by atoms with van der Waals surface area (Å²) in [6, 6.07) is 12.9. The van der Waals surface area contributed by atoms with Crippen molar-refractivity contribution in [3.8, 4) is 0 Å². The Morgan fingerprint density at radius 3 is 2.46 bits per heavy atom. The summed E-state index contributed by atoms with van der Waals surface area (Å²) >= 11 is 5.93. The van der Waals surface area contributed by atoms with Crippen LogP contribution in [0.5, 0.6) is 0 Å². The van der Waals surface area contributed by atoms with Crippen LogP contribution >= 0.6 is 11.6 Å². The first kappa shape index (κ1) is 20.6. The van der Waals surface area contributed by atoms with Gasteiger partial charge in [0.15, 0.2) is 0 Å². The van der Waals surface area contributed by atoms with Crippen LogP contribution in [0.25, 0.3) is 0 Å². The minimum Gasteiger partial charge on any atom is -0.376 e. The summed E-state index contributed by atoms with van der Waals surface area (Å²) in [5.74, 6) is -0.388. The quantitative estimate of drug-likeness (QED) is 0.743. The highest BCUT2D eigenvalue weighted by Gasteiger charge is 2.27. The third-order valence-corrected chi connectivity index (χ3v) is 6.60. The van der Waals surface area contributed by atoms with E-state index in [2.05, 4.69) is 5.32 Å². The number of sulfonamides is 1. The molecule has 1 heterocycles. The van der Waals surface area contributed by atoms with E-state index in [-0.39, 0.29) is 23.5 Å². The molecule has 150 valence electrons. The Labute approximate surface area is 170 Å². The second kappa shape index (κ2) is 8.94. The maximum Gasteiger partial charge on any atom is 0.264 e. The zero-order chi connectivity index (χ0) is 20.1. The number of amides is 1. The number of carbonyl (C=O) groups excluding carboxylic acids is 1. The second-order valence-electron chi connectivity index (χ2n) is 6.74. The molecule has 1 amide bonds. The molecule has 1 N–H and O–H groups in total. The molecule has 1 unspecified atom stereocenters. The van der Waals surface area contributed by atoms with E-state index in [0.29, 0.717) is 23.9 Å². The molecule has 8 heteroatoms. The summed E-state index contributed by atoms with van der Waals surface area (Å²) in [6.45, 7) is 2.62. The lowest BCUT2D eigenvalue weighted by molar-refractivity contribution is -0.120. The van der Waals surface area contributed by atoms with Crippen molar-refractivity contribution in [2.24, 2.45) is 0 Å². The largest absolute Gasteiger partial charge is 0.376 e. The Bertz CT molecular complexity index is 908. The van der Waals surface area contributed by atoms with Gasteiger partial charge in [-0.1, -0.05) is 29.3 Å². The van der Waals surface area contributed by atoms with E-state index in [1.165, 1.54) is 12.1 Å². The van der Waals surface area contributed by atoms with E-state index in [4.69, 9.17) is 16.3 Å². The molecule has 28 heavy (non-hydrogen) atoms. The molecule has 1 atom stereocenters. The smallest absolute Gasteiger partial charge is 0.264 e. The number of nitrogens with one attached hydrogen (secondary N) is 1. The molecule has 0 radical (unpaired) electrons. The number of anilines is 1. The maximum atomic E-state index is 13.2. The Kier molecular flexibility index (Phi) is 6.59. The number of benzene rings is 2. The molecule has 2 aromatic carbocycles. The van der Waals surface area contributed by atoms with Crippen LogP contribution in [0.1, 0.15) is 18.4 Å². The summed E-state index contributed by atoms with van der Waals surface area (Å²) in [5, 5.41) is 3.26. The van der Waals surface area contributed by atoms with Crippen LogP contribution in [-0.2, 0) is 19.6 Å². The van der Waals surface area contributed by atoms with Crippen LogP contribution in [0.15, 0.2) is 53.4 Å². The highest BCUT2D eigenvalue weighted by Crippen LogP contribution is 2.25. The van der Waals surface area contributed by atoms with E-state index in [1.54, 1.807) is 36.4 Å². The van der Waals surface area contributed by atoms with E-state index in [9.17, 15) is 13.2 Å². The Morgan fingerprint density at radius 1 is 1.18 bits per heavy atom. The molecule has 0 aliphatic carbocycles. The number of nitrogens with zero attached hydrogens (tertiary/aromatic N) is 1. The number of aryl methyl sites for hydroxylation is 1. The van der Waals surface area contributed by atoms with E-state index in [1.807, 2.05) is 6.92 Å². The second-order valence-corrected chi connectivity index (χ2v) is 9.04. The average Bonchev–Trinajstić information content (AvgIpc) is 3.19. The molecular weight excluding hydrogens is 400 g/mol. The number of rotatable bonds is 7. The van der Waals surface area contributed by atoms with E-state index >= 15 is 0 Å². The SMILES string of the molecule is Cc1ccc(S(=O)(=O)N(CC(=O)NCC2CCCO2)c2ccc(Cl)cc2)cc1. The van der Waals surface area contributed by atoms with E-state index in [0.717, 1.165) is 22.7 Å². The molecule has 6 nitrogen and oxygen atoms in total. The van der Waals surface area contributed by atoms with Crippen molar-refractivity contribution in [2.75, 3.05) is 24.0 Å². The molecule has 1 fully saturated rings. The van der Waals surface area contributed by atoms with Gasteiger partial charge in [-0.2, -0.15) is 0 Å². The van der Waals surface area contributed by atoms with Gasteiger partial charge in [0.2, 0.25) is 5.91 Å². The Morgan fingerprint density at radius 2 is 1.86 bits per heavy atom. The molecule has 0 bridgehead atoms. The molecule has 0 aromatic heterocycles. The van der Waals surface area contributed by atoms with Crippen LogP contribution < -0.4 is 9.62 Å². The zero-order valence-electron chi connectivity index (χ0n) is 15.6. The van der Waals surface area contributed by atoms with Crippen molar-refractivity contribution in [1.29, 1.82) is 0 Å². The van der Waals surface area contributed by atoms with Crippen LogP contribution in [0.4, 0.5) is 5.69 Å². The molecule has 1 aliphatic rings. The molecule has 0 saturated carbocycles. The normalized spacial score (nSPS) is 16.7. The first-order chi connectivity index (χ1) is 13.4. The predicted octanol–water partition coefficient (Wildman–Crippen LogP) is 3.14. The molecule has 1 aliphatic heterocycles. The third-order valence-electron chi connectivity index (χ3n) is 4.56. The van der Waals surface area contributed by atoms with Crippen molar-refractivity contribution in [3.05, 3.63) is 59.1 Å². The Hall–Kier alpha value is -2.09. The van der Waals surface area contributed by atoms with Crippen molar-refractivity contribution in [2.45, 2.75) is 30.8 Å². The fraction of sp³-hybridized carbons (Fsp3) is 0.350. The summed E-state index contributed by atoms with van der Waals surface area (Å²) in [4.78, 5) is 12.6. The number of carbonyl (C=O) groups is 1. The first-order valence-electron chi connectivity index (χ1n) is 9.09. The van der Waals surface area contributed by atoms with Gasteiger partial charge in [-0.3, -0.25) is 9.10 Å². The van der Waals surface area contributed by atoms with Gasteiger partial charge < -0.3 is 10.1 Å². The van der Waals surface area contributed by atoms with Gasteiger partial charge in [0, 0.05) is 18.2 Å². The highest BCUT2D eigenvalue weighted by molar-refractivity contribution is 7.92. The number of hydrogen-bond acceptors (Lipinski definition) is 4. The first-order valence-corrected chi connectivity index (χ1v) is 10.9. The maximum absolute atomic E-state index is 13.2. The van der Waals surface area contributed by atoms with Crippen LogP contribution in [0, 0.1) is 6.92 Å². The highest BCUT2D eigenvalue weighted by atomic mass is 35.5. The van der Waals surface area contributed by atoms with Crippen LogP contribution in [0.3, 0.4) is 0 Å². The summed E-state index contributed by atoms with van der Waals surface area (Å²) in [5.41, 5.74) is 1.32. The van der Waals surface area contributed by atoms with Crippen molar-refractivity contribution in [1.82, 2.24) is 5.32 Å². The average molecular weight is 423 g/mol. The van der Waals surface area contributed by atoms with Gasteiger partial charge in [0.1, 0.15) is 6.54 Å². The van der Waals surface area contributed by atoms with Crippen LogP contribution in [0.2, 0.25) is 5.02 Å². The zero-order valence-corrected chi connectivity index (χ0v) is 17.2. The van der Waals surface area contributed by atoms with Gasteiger partial charge >= 0.3 is 0 Å². The van der Waals surface area contributed by atoms with Crippen LogP contribution in [-0.4, -0.2) is 40.1 Å². The lowest BCUT2D eigenvalue weighted by atomic mass is 10.2. The molecule has 3 rings (SSSR count). The third kappa shape index (κ3) is 5.04. The van der Waals surface area contributed by atoms with Crippen molar-refractivity contribution in [3.63, 3.8) is 0 Å². The lowest BCUT2D eigenvalue weighted by Crippen LogP contribution is -2.42. The predicted molar refractivity (Wildman–Crippen MR) is 109 cm³/mol. The number of hydrogen-bond donors (Lipinski definition) is 1. The van der Waals surface area contributed by atoms with Crippen molar-refractivity contribution < 1.29 is 17.9 Å². The summed E-state index contributed by atoms with van der Waals surface area (Å²) < 4.78 is 33.0. The van der Waals surface area contributed by atoms with E-state index < -0.39 is 10.0 Å². The van der Waals surface area contributed by atoms with Gasteiger partial charge in [-0.05, 0) is 56.2 Å². The molecule has 1 saturated heterocycles. The summed E-state index contributed by atoms with van der Waals surface area (Å²) in [6.07, 6.45) is 1.85. The molecule has 2 aromatic rings. The van der Waals surface area contributed by atoms with Gasteiger partial charge in [-0.25, -0.2) is 8.42 Å². The van der Waals surface area contributed by atoms with Gasteiger partial charge in [0.25, 0.3) is 10.0 Å². The lowest BCUT2D eigenvalue weighted by Gasteiger charge is -2.24. The molecular formula is C20H23ClN2O4S. The van der Waals surface area contributed by atoms with Gasteiger partial charge in [0.05, 0.1) is 16.7 Å². The topological polar surface area (TPSA) is 75.7 Å². The van der Waals surface area contributed by atoms with Gasteiger partial charge in [-0.15, -0.1) is 0 Å². The Balaban J connectivity index is 1.83. The fourth-order valence-electron chi connectivity index (χ4n) is 2.98. The number of ether oxygens (including phenoxy) is 1. The minimum atomic E-state index is -3.92. The monoisotopic (exact) mass is 422 g/mol. The minimum absolute atomic E-state index is 0.0124.